The molecule has 0 bridgehead atoms. The molecule has 0 saturated heterocycles. The second-order valence-corrected chi connectivity index (χ2v) is 5.56. The van der Waals surface area contributed by atoms with E-state index in [-0.39, 0.29) is 13.2 Å². The van der Waals surface area contributed by atoms with Crippen LogP contribution in [0.15, 0.2) is 42.5 Å². The van der Waals surface area contributed by atoms with E-state index in [1.165, 1.54) is 19.1 Å². The van der Waals surface area contributed by atoms with Gasteiger partial charge in [0, 0.05) is 19.0 Å². The SMILES string of the molecule is COC(=O)C(C(=O)OC)[C@@H]1C=CCN(C(=O)OCc2ccccc2)C1. The van der Waals surface area contributed by atoms with Gasteiger partial charge >= 0.3 is 18.0 Å². The zero-order chi connectivity index (χ0) is 18.2. The topological polar surface area (TPSA) is 82.1 Å². The molecule has 1 heterocycles. The number of carbonyl (C=O) groups is 3. The van der Waals surface area contributed by atoms with E-state index in [1.807, 2.05) is 30.3 Å². The molecular weight excluding hydrogens is 326 g/mol. The van der Waals surface area contributed by atoms with E-state index in [2.05, 4.69) is 9.47 Å². The predicted octanol–water partition coefficient (Wildman–Crippen LogP) is 1.77. The van der Waals surface area contributed by atoms with Crippen molar-refractivity contribution in [3.05, 3.63) is 48.0 Å². The second-order valence-electron chi connectivity index (χ2n) is 5.56. The molecule has 0 unspecified atom stereocenters. The molecule has 2 rings (SSSR count). The Morgan fingerprint density at radius 2 is 1.76 bits per heavy atom. The number of nitrogens with zero attached hydrogens (tertiary/aromatic N) is 1. The minimum atomic E-state index is -1.11. The van der Waals surface area contributed by atoms with E-state index in [1.54, 1.807) is 12.2 Å². The van der Waals surface area contributed by atoms with Crippen LogP contribution >= 0.6 is 0 Å². The molecule has 25 heavy (non-hydrogen) atoms. The molecule has 7 heteroatoms. The van der Waals surface area contributed by atoms with Crippen LogP contribution < -0.4 is 0 Å². The highest BCUT2D eigenvalue weighted by Gasteiger charge is 2.38. The predicted molar refractivity (Wildman–Crippen MR) is 88.4 cm³/mol. The Morgan fingerprint density at radius 1 is 1.12 bits per heavy atom. The molecule has 0 spiro atoms. The smallest absolute Gasteiger partial charge is 0.410 e. The Hall–Kier alpha value is -2.83. The third-order valence-electron chi connectivity index (χ3n) is 3.94. The van der Waals surface area contributed by atoms with Crippen molar-refractivity contribution in [1.82, 2.24) is 4.90 Å². The van der Waals surface area contributed by atoms with E-state index >= 15 is 0 Å². The van der Waals surface area contributed by atoms with Gasteiger partial charge in [0.2, 0.25) is 0 Å². The van der Waals surface area contributed by atoms with E-state index in [9.17, 15) is 14.4 Å². The summed E-state index contributed by atoms with van der Waals surface area (Å²) in [6.45, 7) is 0.667. The fourth-order valence-corrected chi connectivity index (χ4v) is 2.63. The lowest BCUT2D eigenvalue weighted by molar-refractivity contribution is -0.161. The highest BCUT2D eigenvalue weighted by molar-refractivity contribution is 5.95. The average Bonchev–Trinajstić information content (AvgIpc) is 2.67. The van der Waals surface area contributed by atoms with Crippen molar-refractivity contribution < 1.29 is 28.6 Å². The zero-order valence-corrected chi connectivity index (χ0v) is 14.2. The summed E-state index contributed by atoms with van der Waals surface area (Å²) in [4.78, 5) is 37.5. The standard InChI is InChI=1S/C18H21NO6/c1-23-16(20)15(17(21)24-2)14-9-6-10-19(11-14)18(22)25-12-13-7-4-3-5-8-13/h3-9,14-15H,10-12H2,1-2H3/t14-/m1/s1. The third kappa shape index (κ3) is 4.82. The first-order valence-corrected chi connectivity index (χ1v) is 7.84. The highest BCUT2D eigenvalue weighted by atomic mass is 16.6. The Bertz CT molecular complexity index is 626. The van der Waals surface area contributed by atoms with Gasteiger partial charge in [-0.2, -0.15) is 0 Å². The molecule has 1 aliphatic rings. The van der Waals surface area contributed by atoms with Gasteiger partial charge in [-0.15, -0.1) is 0 Å². The molecule has 0 N–H and O–H groups in total. The lowest BCUT2D eigenvalue weighted by Gasteiger charge is -2.30. The Morgan fingerprint density at radius 3 is 2.36 bits per heavy atom. The highest BCUT2D eigenvalue weighted by Crippen LogP contribution is 2.22. The van der Waals surface area contributed by atoms with Crippen LogP contribution in [0, 0.1) is 11.8 Å². The van der Waals surface area contributed by atoms with Gasteiger partial charge < -0.3 is 19.1 Å². The second kappa shape index (κ2) is 8.86. The van der Waals surface area contributed by atoms with Gasteiger partial charge in [0.25, 0.3) is 0 Å². The molecule has 0 aromatic heterocycles. The van der Waals surface area contributed by atoms with Crippen molar-refractivity contribution in [2.24, 2.45) is 11.8 Å². The fraction of sp³-hybridized carbons (Fsp3) is 0.389. The van der Waals surface area contributed by atoms with Crippen LogP contribution in [0.1, 0.15) is 5.56 Å². The Labute approximate surface area is 146 Å². The maximum Gasteiger partial charge on any atom is 0.410 e. The van der Waals surface area contributed by atoms with Crippen LogP contribution in [0.25, 0.3) is 0 Å². The van der Waals surface area contributed by atoms with Gasteiger partial charge in [0.05, 0.1) is 14.2 Å². The first kappa shape index (κ1) is 18.5. The van der Waals surface area contributed by atoms with Crippen LogP contribution in [0.4, 0.5) is 4.79 Å². The van der Waals surface area contributed by atoms with Crippen LogP contribution in [0.2, 0.25) is 0 Å². The molecule has 0 saturated carbocycles. The van der Waals surface area contributed by atoms with Crippen LogP contribution in [0.5, 0.6) is 0 Å². The Kier molecular flexibility index (Phi) is 6.56. The number of amides is 1. The van der Waals surface area contributed by atoms with E-state index in [4.69, 9.17) is 4.74 Å². The molecule has 0 radical (unpaired) electrons. The number of benzene rings is 1. The first-order valence-electron chi connectivity index (χ1n) is 7.84. The molecule has 1 atom stereocenters. The summed E-state index contributed by atoms with van der Waals surface area (Å²) in [6, 6.07) is 9.32. The molecule has 0 aliphatic carbocycles. The quantitative estimate of drug-likeness (QED) is 0.349. The minimum Gasteiger partial charge on any atom is -0.468 e. The zero-order valence-electron chi connectivity index (χ0n) is 14.2. The maximum absolute atomic E-state index is 12.3. The molecular formula is C18H21NO6. The Balaban J connectivity index is 2.00. The fourth-order valence-electron chi connectivity index (χ4n) is 2.63. The molecule has 1 aromatic rings. The van der Waals surface area contributed by atoms with Crippen LogP contribution in [-0.4, -0.2) is 50.2 Å². The summed E-state index contributed by atoms with van der Waals surface area (Å²) < 4.78 is 14.7. The first-order chi connectivity index (χ1) is 12.1. The van der Waals surface area contributed by atoms with Gasteiger partial charge in [0.1, 0.15) is 6.61 Å². The summed E-state index contributed by atoms with van der Waals surface area (Å²) in [6.07, 6.45) is 2.93. The maximum atomic E-state index is 12.3. The molecule has 1 aromatic carbocycles. The molecule has 7 nitrogen and oxygen atoms in total. The van der Waals surface area contributed by atoms with Crippen molar-refractivity contribution in [1.29, 1.82) is 0 Å². The van der Waals surface area contributed by atoms with Gasteiger partial charge in [0.15, 0.2) is 5.92 Å². The summed E-state index contributed by atoms with van der Waals surface area (Å²) in [5, 5.41) is 0. The lowest BCUT2D eigenvalue weighted by atomic mass is 9.89. The molecule has 134 valence electrons. The molecule has 1 aliphatic heterocycles. The summed E-state index contributed by atoms with van der Waals surface area (Å²) in [5.41, 5.74) is 0.877. The van der Waals surface area contributed by atoms with Crippen molar-refractivity contribution >= 4 is 18.0 Å². The number of carbonyl (C=O) groups excluding carboxylic acids is 3. The van der Waals surface area contributed by atoms with Gasteiger partial charge in [-0.05, 0) is 5.56 Å². The van der Waals surface area contributed by atoms with Gasteiger partial charge in [-0.1, -0.05) is 42.5 Å². The van der Waals surface area contributed by atoms with Crippen LogP contribution in [0.3, 0.4) is 0 Å². The van der Waals surface area contributed by atoms with E-state index in [0.29, 0.717) is 6.54 Å². The molecule has 1 amide bonds. The van der Waals surface area contributed by atoms with E-state index < -0.39 is 29.9 Å². The van der Waals surface area contributed by atoms with Gasteiger partial charge in [-0.3, -0.25) is 9.59 Å². The summed E-state index contributed by atoms with van der Waals surface area (Å²) in [5.74, 6) is -3.03. The van der Waals surface area contributed by atoms with Crippen molar-refractivity contribution in [2.45, 2.75) is 6.61 Å². The van der Waals surface area contributed by atoms with Gasteiger partial charge in [-0.25, -0.2) is 4.79 Å². The monoisotopic (exact) mass is 347 g/mol. The normalized spacial score (nSPS) is 16.4. The number of ether oxygens (including phenoxy) is 3. The number of rotatable bonds is 5. The average molecular weight is 347 g/mol. The lowest BCUT2D eigenvalue weighted by Crippen LogP contribution is -2.44. The molecule has 0 fully saturated rings. The number of hydrogen-bond donors (Lipinski definition) is 0. The number of esters is 2. The van der Waals surface area contributed by atoms with Crippen molar-refractivity contribution in [3.63, 3.8) is 0 Å². The summed E-state index contributed by atoms with van der Waals surface area (Å²) >= 11 is 0. The van der Waals surface area contributed by atoms with Crippen LogP contribution in [-0.2, 0) is 30.4 Å². The number of methoxy groups -OCH3 is 2. The van der Waals surface area contributed by atoms with Crippen molar-refractivity contribution in [2.75, 3.05) is 27.3 Å². The van der Waals surface area contributed by atoms with Crippen molar-refractivity contribution in [3.8, 4) is 0 Å². The van der Waals surface area contributed by atoms with E-state index in [0.717, 1.165) is 5.56 Å². The number of hydrogen-bond acceptors (Lipinski definition) is 6. The largest absolute Gasteiger partial charge is 0.468 e. The third-order valence-corrected chi connectivity index (χ3v) is 3.94. The summed E-state index contributed by atoms with van der Waals surface area (Å²) in [7, 11) is 2.41. The minimum absolute atomic E-state index is 0.155.